The maximum Gasteiger partial charge on any atom is 0.187 e. The maximum atomic E-state index is 12.0. The van der Waals surface area contributed by atoms with Gasteiger partial charge in [-0.15, -0.1) is 0 Å². The Hall–Kier alpha value is -1.28. The minimum atomic E-state index is -1.68. The summed E-state index contributed by atoms with van der Waals surface area (Å²) in [4.78, 5) is 0. The van der Waals surface area contributed by atoms with E-state index in [4.69, 9.17) is 33.2 Å². The van der Waals surface area contributed by atoms with Gasteiger partial charge in [-0.2, -0.15) is 0 Å². The molecule has 0 aromatic carbocycles. The molecule has 8 aliphatic rings. The second kappa shape index (κ2) is 18.6. The summed E-state index contributed by atoms with van der Waals surface area (Å²) in [6.07, 6.45) is -15.9. The van der Waals surface area contributed by atoms with Crippen LogP contribution in [-0.2, 0) is 33.2 Å². The molecular formula is C45H72O19. The molecule has 0 aromatic heterocycles. The molecule has 64 heavy (non-hydrogen) atoms. The van der Waals surface area contributed by atoms with Crippen LogP contribution in [0.2, 0.25) is 0 Å². The Labute approximate surface area is 373 Å². The average molecular weight is 917 g/mol. The summed E-state index contributed by atoms with van der Waals surface area (Å²) < 4.78 is 41.2. The molecule has 19 nitrogen and oxygen atoms in total. The fraction of sp³-hybridized carbons (Fsp3) is 0.911. The van der Waals surface area contributed by atoms with Crippen LogP contribution in [-0.4, -0.2) is 197 Å². The minimum absolute atomic E-state index is 0.0433. The van der Waals surface area contributed by atoms with Crippen molar-refractivity contribution in [2.75, 3.05) is 19.8 Å². The van der Waals surface area contributed by atoms with Gasteiger partial charge in [0.1, 0.15) is 67.1 Å². The van der Waals surface area contributed by atoms with E-state index in [-0.39, 0.29) is 54.6 Å². The molecule has 0 aromatic rings. The lowest BCUT2D eigenvalue weighted by Crippen LogP contribution is -2.64. The van der Waals surface area contributed by atoms with E-state index in [1.54, 1.807) is 0 Å². The Kier molecular flexibility index (Phi) is 14.3. The maximum absolute atomic E-state index is 12.0. The molecule has 26 unspecified atom stereocenters. The zero-order valence-corrected chi connectivity index (χ0v) is 37.1. The first kappa shape index (κ1) is 49.2. The van der Waals surface area contributed by atoms with Gasteiger partial charge >= 0.3 is 0 Å². The van der Waals surface area contributed by atoms with Gasteiger partial charge in [0.25, 0.3) is 0 Å². The van der Waals surface area contributed by atoms with Crippen LogP contribution in [0, 0.1) is 40.4 Å². The summed E-state index contributed by atoms with van der Waals surface area (Å²) in [7, 11) is 0. The van der Waals surface area contributed by atoms with Gasteiger partial charge in [-0.1, -0.05) is 44.6 Å². The molecule has 4 heterocycles. The molecule has 0 radical (unpaired) electrons. The smallest absolute Gasteiger partial charge is 0.187 e. The van der Waals surface area contributed by atoms with Gasteiger partial charge in [0.2, 0.25) is 0 Å². The molecule has 0 bridgehead atoms. The van der Waals surface area contributed by atoms with E-state index in [0.29, 0.717) is 24.3 Å². The summed E-state index contributed by atoms with van der Waals surface area (Å²) in [5.41, 5.74) is 1.02. The largest absolute Gasteiger partial charge is 0.394 e. The number of aliphatic hydroxyl groups excluding tert-OH is 11. The second-order valence-electron chi connectivity index (χ2n) is 20.7. The summed E-state index contributed by atoms with van der Waals surface area (Å²) in [5.74, 6) is -0.747. The predicted octanol–water partition coefficient (Wildman–Crippen LogP) is -1.94. The lowest BCUT2D eigenvalue weighted by atomic mass is 9.46. The SMILES string of the molecule is C=C(CCC1(O)OC2CC3C4CC=C5CC(OC6OC(CO)C(OC7OC(C)C(O)C(O)C7O)C(O)C6O)CC(O)C5(C)C4CCC3(C)C2C1C)COC1OC(CO)C(O)C(O)C1O. The van der Waals surface area contributed by atoms with Crippen LogP contribution in [0.1, 0.15) is 79.1 Å². The van der Waals surface area contributed by atoms with Crippen LogP contribution >= 0.6 is 0 Å². The fourth-order valence-corrected chi connectivity index (χ4v) is 13.4. The van der Waals surface area contributed by atoms with E-state index in [1.807, 2.05) is 0 Å². The number of rotatable bonds is 12. The Morgan fingerprint density at radius 1 is 0.766 bits per heavy atom. The summed E-state index contributed by atoms with van der Waals surface area (Å²) in [6, 6.07) is 0. The normalized spacial score (nSPS) is 54.9. The van der Waals surface area contributed by atoms with Crippen molar-refractivity contribution >= 4 is 0 Å². The van der Waals surface area contributed by atoms with Crippen LogP contribution in [0.15, 0.2) is 23.8 Å². The summed E-state index contributed by atoms with van der Waals surface area (Å²) >= 11 is 0. The van der Waals surface area contributed by atoms with Gasteiger partial charge in [0.05, 0.1) is 44.2 Å². The fourth-order valence-electron chi connectivity index (χ4n) is 13.4. The molecule has 12 N–H and O–H groups in total. The van der Waals surface area contributed by atoms with Crippen molar-refractivity contribution in [1.29, 1.82) is 0 Å². The molecule has 4 saturated heterocycles. The van der Waals surface area contributed by atoms with Crippen LogP contribution in [0.25, 0.3) is 0 Å². The quantitative estimate of drug-likeness (QED) is 0.0948. The number of hydrogen-bond acceptors (Lipinski definition) is 19. The van der Waals surface area contributed by atoms with Crippen LogP contribution in [0.5, 0.6) is 0 Å². The Morgan fingerprint density at radius 3 is 2.11 bits per heavy atom. The molecule has 366 valence electrons. The van der Waals surface area contributed by atoms with E-state index in [1.165, 1.54) is 6.92 Å². The zero-order valence-electron chi connectivity index (χ0n) is 37.1. The molecule has 4 aliphatic carbocycles. The highest BCUT2D eigenvalue weighted by Crippen LogP contribution is 2.70. The van der Waals surface area contributed by atoms with Crippen LogP contribution in [0.3, 0.4) is 0 Å². The van der Waals surface area contributed by atoms with Crippen molar-refractivity contribution in [2.24, 2.45) is 40.4 Å². The van der Waals surface area contributed by atoms with Crippen molar-refractivity contribution in [3.8, 4) is 0 Å². The standard InChI is InChI=1S/C45H72O19/c1-18(17-58-40-36(54)34(52)32(50)27(15-46)61-40)8-11-45(57)19(2)30-26(64-45)14-25-23-7-6-21-12-22(13-29(48)44(21,5)24(23)9-10-43(25,30)4)60-42-38(56)35(53)39(28(16-47)62-42)63-41-37(55)33(51)31(49)20(3)59-41/h6,19-20,22-42,46-57H,1,7-17H2,2-5H3. The Morgan fingerprint density at radius 2 is 1.41 bits per heavy atom. The van der Waals surface area contributed by atoms with Crippen molar-refractivity contribution in [3.05, 3.63) is 23.8 Å². The van der Waals surface area contributed by atoms with Crippen molar-refractivity contribution in [3.63, 3.8) is 0 Å². The molecule has 4 aliphatic heterocycles. The van der Waals surface area contributed by atoms with Gasteiger partial charge in [-0.25, -0.2) is 0 Å². The van der Waals surface area contributed by atoms with Crippen LogP contribution < -0.4 is 0 Å². The van der Waals surface area contributed by atoms with E-state index < -0.39 is 129 Å². The molecule has 3 saturated carbocycles. The number of hydrogen-bond donors (Lipinski definition) is 12. The third-order valence-electron chi connectivity index (χ3n) is 17.2. The average Bonchev–Trinajstić information content (AvgIpc) is 3.70. The minimum Gasteiger partial charge on any atom is -0.394 e. The molecule has 8 rings (SSSR count). The molecule has 7 fully saturated rings. The topological polar surface area (TPSA) is 307 Å². The van der Waals surface area contributed by atoms with E-state index in [2.05, 4.69) is 33.4 Å². The van der Waals surface area contributed by atoms with Crippen LogP contribution in [0.4, 0.5) is 0 Å². The summed E-state index contributed by atoms with van der Waals surface area (Å²) in [6.45, 7) is 10.8. The van der Waals surface area contributed by atoms with E-state index in [0.717, 1.165) is 31.3 Å². The Bertz CT molecular complexity index is 1680. The third-order valence-corrected chi connectivity index (χ3v) is 17.2. The number of fused-ring (bicyclic) bond motifs is 7. The van der Waals surface area contributed by atoms with Crippen molar-refractivity contribution < 1.29 is 94.4 Å². The zero-order chi connectivity index (χ0) is 46.4. The van der Waals surface area contributed by atoms with Crippen molar-refractivity contribution in [1.82, 2.24) is 0 Å². The summed E-state index contributed by atoms with van der Waals surface area (Å²) in [5, 5.41) is 127. The first-order chi connectivity index (χ1) is 30.2. The van der Waals surface area contributed by atoms with Gasteiger partial charge in [-0.05, 0) is 74.5 Å². The molecule has 0 amide bonds. The van der Waals surface area contributed by atoms with E-state index >= 15 is 0 Å². The molecule has 19 heteroatoms. The monoisotopic (exact) mass is 916 g/mol. The molecule has 0 spiro atoms. The van der Waals surface area contributed by atoms with Crippen molar-refractivity contribution in [2.45, 2.75) is 195 Å². The highest BCUT2D eigenvalue weighted by Gasteiger charge is 2.68. The van der Waals surface area contributed by atoms with Gasteiger partial charge in [0, 0.05) is 24.2 Å². The Balaban J connectivity index is 0.869. The highest BCUT2D eigenvalue weighted by molar-refractivity contribution is 5.28. The number of aliphatic hydroxyl groups is 12. The molecule has 26 atom stereocenters. The lowest BCUT2D eigenvalue weighted by Gasteiger charge is -2.60. The van der Waals surface area contributed by atoms with Gasteiger partial charge in [-0.3, -0.25) is 0 Å². The van der Waals surface area contributed by atoms with E-state index in [9.17, 15) is 61.3 Å². The molecular weight excluding hydrogens is 844 g/mol. The predicted molar refractivity (Wildman–Crippen MR) is 219 cm³/mol. The number of allylic oxidation sites excluding steroid dienone is 1. The number of ether oxygens (including phenoxy) is 7. The van der Waals surface area contributed by atoms with Gasteiger partial charge in [0.15, 0.2) is 24.7 Å². The van der Waals surface area contributed by atoms with Gasteiger partial charge < -0.3 is 94.4 Å². The lowest BCUT2D eigenvalue weighted by molar-refractivity contribution is -0.361. The first-order valence-corrected chi connectivity index (χ1v) is 23.2. The first-order valence-electron chi connectivity index (χ1n) is 23.2. The highest BCUT2D eigenvalue weighted by atomic mass is 16.7. The third kappa shape index (κ3) is 8.28. The second-order valence-corrected chi connectivity index (χ2v) is 20.7.